The van der Waals surface area contributed by atoms with Crippen LogP contribution in [-0.2, 0) is 14.3 Å². The van der Waals surface area contributed by atoms with E-state index in [9.17, 15) is 14.4 Å². The van der Waals surface area contributed by atoms with Crippen molar-refractivity contribution in [3.8, 4) is 0 Å². The highest BCUT2D eigenvalue weighted by molar-refractivity contribution is 5.96. The summed E-state index contributed by atoms with van der Waals surface area (Å²) >= 11 is 0. The van der Waals surface area contributed by atoms with Crippen LogP contribution < -0.4 is 10.6 Å². The summed E-state index contributed by atoms with van der Waals surface area (Å²) in [4.78, 5) is 34.5. The maximum Gasteiger partial charge on any atom is 0.328 e. The summed E-state index contributed by atoms with van der Waals surface area (Å²) in [6.45, 7) is 2.99. The van der Waals surface area contributed by atoms with E-state index < -0.39 is 29.9 Å². The van der Waals surface area contributed by atoms with Crippen LogP contribution in [0.25, 0.3) is 0 Å². The minimum absolute atomic E-state index is 0.112. The molecule has 7 heteroatoms. The summed E-state index contributed by atoms with van der Waals surface area (Å²) in [7, 11) is 1.23. The minimum atomic E-state index is -0.801. The van der Waals surface area contributed by atoms with Crippen LogP contribution in [0.5, 0.6) is 0 Å². The van der Waals surface area contributed by atoms with E-state index in [2.05, 4.69) is 15.4 Å². The first-order valence-corrected chi connectivity index (χ1v) is 5.68. The topological polar surface area (TPSA) is 97.6 Å². The first-order valence-electron chi connectivity index (χ1n) is 5.68. The fraction of sp³-hybridized carbons (Fsp3) is 0.417. The Bertz CT molecular complexity index is 455. The van der Waals surface area contributed by atoms with Crippen molar-refractivity contribution in [2.75, 3.05) is 7.11 Å². The van der Waals surface area contributed by atoms with Gasteiger partial charge in [0.15, 0.2) is 5.76 Å². The molecule has 1 unspecified atom stereocenters. The molecule has 0 aliphatic carbocycles. The third kappa shape index (κ3) is 4.13. The van der Waals surface area contributed by atoms with E-state index in [4.69, 9.17) is 4.42 Å². The van der Waals surface area contributed by atoms with Gasteiger partial charge in [0.05, 0.1) is 13.4 Å². The SMILES string of the molecule is COC(=O)[C@H](C)NC(=O)C(C)NC(=O)c1ccco1. The van der Waals surface area contributed by atoms with Crippen molar-refractivity contribution < 1.29 is 23.5 Å². The van der Waals surface area contributed by atoms with Crippen molar-refractivity contribution in [1.82, 2.24) is 10.6 Å². The molecular weight excluding hydrogens is 252 g/mol. The molecular formula is C12H16N2O5. The van der Waals surface area contributed by atoms with E-state index >= 15 is 0 Å². The highest BCUT2D eigenvalue weighted by Crippen LogP contribution is 2.00. The summed E-state index contributed by atoms with van der Waals surface area (Å²) in [5.74, 6) is -1.44. The normalized spacial score (nSPS) is 13.2. The number of methoxy groups -OCH3 is 1. The summed E-state index contributed by atoms with van der Waals surface area (Å²) in [5, 5.41) is 4.87. The van der Waals surface area contributed by atoms with Crippen LogP contribution in [0.1, 0.15) is 24.4 Å². The minimum Gasteiger partial charge on any atom is -0.467 e. The summed E-state index contributed by atoms with van der Waals surface area (Å²) in [5.41, 5.74) is 0. The number of ether oxygens (including phenoxy) is 1. The highest BCUT2D eigenvalue weighted by atomic mass is 16.5. The molecule has 2 N–H and O–H groups in total. The van der Waals surface area contributed by atoms with Crippen molar-refractivity contribution in [2.24, 2.45) is 0 Å². The average molecular weight is 268 g/mol. The van der Waals surface area contributed by atoms with Crippen LogP contribution in [0, 0.1) is 0 Å². The molecule has 19 heavy (non-hydrogen) atoms. The molecule has 1 aromatic rings. The fourth-order valence-corrected chi connectivity index (χ4v) is 1.32. The number of furan rings is 1. The number of esters is 1. The molecule has 0 saturated carbocycles. The van der Waals surface area contributed by atoms with Gasteiger partial charge in [0, 0.05) is 0 Å². The lowest BCUT2D eigenvalue weighted by Crippen LogP contribution is -2.49. The van der Waals surface area contributed by atoms with Gasteiger partial charge in [0.25, 0.3) is 5.91 Å². The maximum atomic E-state index is 11.7. The predicted molar refractivity (Wildman–Crippen MR) is 65.3 cm³/mol. The number of rotatable bonds is 5. The predicted octanol–water partition coefficient (Wildman–Crippen LogP) is 0.0756. The second-order valence-electron chi connectivity index (χ2n) is 3.93. The molecule has 0 fully saturated rings. The van der Waals surface area contributed by atoms with Gasteiger partial charge in [-0.25, -0.2) is 4.79 Å². The zero-order valence-corrected chi connectivity index (χ0v) is 10.9. The van der Waals surface area contributed by atoms with Crippen molar-refractivity contribution in [3.63, 3.8) is 0 Å². The molecule has 1 rings (SSSR count). The van der Waals surface area contributed by atoms with Gasteiger partial charge in [-0.15, -0.1) is 0 Å². The Labute approximate surface area is 110 Å². The standard InChI is InChI=1S/C12H16N2O5/c1-7(10(15)14-8(2)12(17)18-3)13-11(16)9-5-4-6-19-9/h4-8H,1-3H3,(H,13,16)(H,14,15)/t7?,8-/m0/s1. The molecule has 0 bridgehead atoms. The lowest BCUT2D eigenvalue weighted by molar-refractivity contribution is -0.144. The molecule has 1 heterocycles. The Morgan fingerprint density at radius 1 is 1.21 bits per heavy atom. The van der Waals surface area contributed by atoms with Crippen molar-refractivity contribution >= 4 is 17.8 Å². The molecule has 104 valence electrons. The van der Waals surface area contributed by atoms with Crippen LogP contribution in [0.15, 0.2) is 22.8 Å². The van der Waals surface area contributed by atoms with Gasteiger partial charge in [0.1, 0.15) is 12.1 Å². The number of hydrogen-bond acceptors (Lipinski definition) is 5. The first-order chi connectivity index (χ1) is 8.95. The van der Waals surface area contributed by atoms with Crippen molar-refractivity contribution in [2.45, 2.75) is 25.9 Å². The van der Waals surface area contributed by atoms with Crippen LogP contribution in [-0.4, -0.2) is 37.0 Å². The summed E-state index contributed by atoms with van der Waals surface area (Å²) in [6, 6.07) is 1.47. The molecule has 0 spiro atoms. The Hall–Kier alpha value is -2.31. The van der Waals surface area contributed by atoms with Gasteiger partial charge in [-0.05, 0) is 26.0 Å². The second kappa shape index (κ2) is 6.58. The van der Waals surface area contributed by atoms with E-state index in [1.165, 1.54) is 33.3 Å². The Morgan fingerprint density at radius 2 is 1.89 bits per heavy atom. The third-order valence-corrected chi connectivity index (χ3v) is 2.40. The Morgan fingerprint density at radius 3 is 2.42 bits per heavy atom. The molecule has 0 aliphatic rings. The molecule has 0 aromatic carbocycles. The summed E-state index contributed by atoms with van der Waals surface area (Å²) < 4.78 is 9.37. The van der Waals surface area contributed by atoms with Gasteiger partial charge in [0.2, 0.25) is 5.91 Å². The second-order valence-corrected chi connectivity index (χ2v) is 3.93. The largest absolute Gasteiger partial charge is 0.467 e. The summed E-state index contributed by atoms with van der Waals surface area (Å²) in [6.07, 6.45) is 1.36. The van der Waals surface area contributed by atoms with E-state index in [-0.39, 0.29) is 5.76 Å². The van der Waals surface area contributed by atoms with E-state index in [0.29, 0.717) is 0 Å². The lowest BCUT2D eigenvalue weighted by Gasteiger charge is -2.16. The van der Waals surface area contributed by atoms with Gasteiger partial charge in [-0.3, -0.25) is 9.59 Å². The van der Waals surface area contributed by atoms with E-state index in [0.717, 1.165) is 0 Å². The number of nitrogens with one attached hydrogen (secondary N) is 2. The molecule has 2 amide bonds. The molecule has 0 aliphatic heterocycles. The van der Waals surface area contributed by atoms with Gasteiger partial charge in [-0.1, -0.05) is 0 Å². The Balaban J connectivity index is 2.49. The molecule has 0 radical (unpaired) electrons. The lowest BCUT2D eigenvalue weighted by atomic mass is 10.2. The monoisotopic (exact) mass is 268 g/mol. The highest BCUT2D eigenvalue weighted by Gasteiger charge is 2.22. The van der Waals surface area contributed by atoms with Gasteiger partial charge < -0.3 is 19.8 Å². The smallest absolute Gasteiger partial charge is 0.328 e. The number of carbonyl (C=O) groups excluding carboxylic acids is 3. The van der Waals surface area contributed by atoms with Crippen LogP contribution in [0.3, 0.4) is 0 Å². The zero-order valence-electron chi connectivity index (χ0n) is 10.9. The molecule has 7 nitrogen and oxygen atoms in total. The third-order valence-electron chi connectivity index (χ3n) is 2.40. The molecule has 2 atom stereocenters. The van der Waals surface area contributed by atoms with Crippen LogP contribution >= 0.6 is 0 Å². The van der Waals surface area contributed by atoms with Crippen LogP contribution in [0.2, 0.25) is 0 Å². The van der Waals surface area contributed by atoms with Crippen molar-refractivity contribution in [3.05, 3.63) is 24.2 Å². The Kier molecular flexibility index (Phi) is 5.11. The average Bonchev–Trinajstić information content (AvgIpc) is 2.91. The fourth-order valence-electron chi connectivity index (χ4n) is 1.32. The number of carbonyl (C=O) groups is 3. The molecule has 1 aromatic heterocycles. The van der Waals surface area contributed by atoms with Crippen LogP contribution in [0.4, 0.5) is 0 Å². The first kappa shape index (κ1) is 14.7. The maximum absolute atomic E-state index is 11.7. The van der Waals surface area contributed by atoms with Crippen molar-refractivity contribution in [1.29, 1.82) is 0 Å². The quantitative estimate of drug-likeness (QED) is 0.737. The zero-order chi connectivity index (χ0) is 14.4. The number of hydrogen-bond donors (Lipinski definition) is 2. The number of amides is 2. The van der Waals surface area contributed by atoms with E-state index in [1.54, 1.807) is 6.07 Å². The van der Waals surface area contributed by atoms with Gasteiger partial charge in [-0.2, -0.15) is 0 Å². The molecule has 0 saturated heterocycles. The van der Waals surface area contributed by atoms with Gasteiger partial charge >= 0.3 is 5.97 Å². The van der Waals surface area contributed by atoms with E-state index in [1.807, 2.05) is 0 Å².